The molecule has 1 aromatic carbocycles. The van der Waals surface area contributed by atoms with Crippen molar-refractivity contribution in [2.24, 2.45) is 0 Å². The number of carbonyl (C=O) groups is 1. The molecule has 2 fully saturated rings. The van der Waals surface area contributed by atoms with E-state index in [-0.39, 0.29) is 6.10 Å². The number of rotatable bonds is 5. The second kappa shape index (κ2) is 10.5. The first kappa shape index (κ1) is 24.8. The van der Waals surface area contributed by atoms with Crippen molar-refractivity contribution in [3.05, 3.63) is 47.7 Å². The first-order valence-electron chi connectivity index (χ1n) is 11.1. The van der Waals surface area contributed by atoms with Crippen molar-refractivity contribution in [2.45, 2.75) is 44.0 Å². The van der Waals surface area contributed by atoms with E-state index in [2.05, 4.69) is 15.2 Å². The molecule has 12 heteroatoms. The zero-order valence-electron chi connectivity index (χ0n) is 18.5. The van der Waals surface area contributed by atoms with Crippen molar-refractivity contribution < 1.29 is 27.8 Å². The van der Waals surface area contributed by atoms with Crippen molar-refractivity contribution >= 4 is 40.2 Å². The topological polar surface area (TPSA) is 100 Å². The molecule has 186 valence electrons. The van der Waals surface area contributed by atoms with Crippen molar-refractivity contribution in [1.82, 2.24) is 15.0 Å². The molecule has 0 radical (unpaired) electrons. The number of aliphatic carboxylic acids is 1. The number of nitrogens with zero attached hydrogens (tertiary/aromatic N) is 4. The molecule has 1 aliphatic carbocycles. The number of halogens is 4. The zero-order chi connectivity index (χ0) is 25.0. The standard InChI is InChI=1S/C21H22ClN5O.C2HF3O2/c22-16-3-1-2-4-19(16)28-15-8-11-27(12-9-15)21-20(24-14-5-6-14)25-17-7-10-23-13-18(17)26-21;3-2(4,5)1(6)7/h1-4,7,10,13-15H,5-6,8-9,11-12H2,(H,24,25);(H,6,7). The highest BCUT2D eigenvalue weighted by atomic mass is 35.5. The minimum atomic E-state index is -5.08. The van der Waals surface area contributed by atoms with Crippen molar-refractivity contribution in [1.29, 1.82) is 0 Å². The van der Waals surface area contributed by atoms with E-state index >= 15 is 0 Å². The summed E-state index contributed by atoms with van der Waals surface area (Å²) >= 11 is 6.23. The summed E-state index contributed by atoms with van der Waals surface area (Å²) in [6, 6.07) is 10.1. The number of carboxylic acids is 1. The minimum absolute atomic E-state index is 0.158. The molecule has 0 unspecified atom stereocenters. The molecule has 35 heavy (non-hydrogen) atoms. The maximum atomic E-state index is 10.6. The number of alkyl halides is 3. The van der Waals surface area contributed by atoms with Gasteiger partial charge >= 0.3 is 12.1 Å². The Balaban J connectivity index is 0.000000364. The van der Waals surface area contributed by atoms with E-state index < -0.39 is 12.1 Å². The van der Waals surface area contributed by atoms with Crippen LogP contribution in [0.5, 0.6) is 5.75 Å². The first-order valence-corrected chi connectivity index (χ1v) is 11.4. The number of anilines is 2. The highest BCUT2D eigenvalue weighted by Gasteiger charge is 2.38. The SMILES string of the molecule is Clc1ccccc1OC1CCN(c2nc3cnccc3nc2NC2CC2)CC1.O=C(O)C(F)(F)F. The average Bonchev–Trinajstić information content (AvgIpc) is 3.65. The summed E-state index contributed by atoms with van der Waals surface area (Å²) in [4.78, 5) is 25.1. The number of nitrogens with one attached hydrogen (secondary N) is 1. The van der Waals surface area contributed by atoms with Gasteiger partial charge in [-0.25, -0.2) is 14.8 Å². The highest BCUT2D eigenvalue weighted by molar-refractivity contribution is 6.32. The van der Waals surface area contributed by atoms with Gasteiger partial charge in [0, 0.05) is 38.2 Å². The predicted molar refractivity (Wildman–Crippen MR) is 125 cm³/mol. The van der Waals surface area contributed by atoms with Gasteiger partial charge in [-0.15, -0.1) is 0 Å². The van der Waals surface area contributed by atoms with Crippen LogP contribution in [0.15, 0.2) is 42.7 Å². The van der Waals surface area contributed by atoms with Gasteiger partial charge in [0.15, 0.2) is 11.6 Å². The van der Waals surface area contributed by atoms with Crippen LogP contribution < -0.4 is 15.0 Å². The van der Waals surface area contributed by atoms with E-state index in [0.29, 0.717) is 11.1 Å². The Labute approximate surface area is 204 Å². The summed E-state index contributed by atoms with van der Waals surface area (Å²) in [6.07, 6.45) is 2.84. The van der Waals surface area contributed by atoms with Crippen molar-refractivity contribution in [3.63, 3.8) is 0 Å². The second-order valence-corrected chi connectivity index (χ2v) is 8.62. The molecule has 2 aromatic heterocycles. The van der Waals surface area contributed by atoms with Crippen molar-refractivity contribution in [2.75, 3.05) is 23.3 Å². The molecule has 1 saturated carbocycles. The molecular formula is C23H23ClF3N5O3. The Kier molecular flexibility index (Phi) is 7.44. The number of pyridine rings is 1. The third-order valence-corrected chi connectivity index (χ3v) is 5.79. The molecule has 2 N–H and O–H groups in total. The Morgan fingerprint density at radius 3 is 2.40 bits per heavy atom. The van der Waals surface area contributed by atoms with Gasteiger partial charge in [-0.3, -0.25) is 4.98 Å². The van der Waals surface area contributed by atoms with E-state index in [1.54, 1.807) is 12.4 Å². The zero-order valence-corrected chi connectivity index (χ0v) is 19.3. The van der Waals surface area contributed by atoms with Crippen LogP contribution in [0.4, 0.5) is 24.8 Å². The maximum absolute atomic E-state index is 10.6. The van der Waals surface area contributed by atoms with Crippen LogP contribution in [0.2, 0.25) is 5.02 Å². The van der Waals surface area contributed by atoms with E-state index in [1.165, 1.54) is 12.8 Å². The van der Waals surface area contributed by atoms with E-state index in [9.17, 15) is 13.2 Å². The van der Waals surface area contributed by atoms with E-state index in [0.717, 1.165) is 54.3 Å². The van der Waals surface area contributed by atoms with Crippen LogP contribution in [0.25, 0.3) is 11.0 Å². The summed E-state index contributed by atoms with van der Waals surface area (Å²) < 4.78 is 37.9. The molecule has 3 aromatic rings. The number of carboxylic acid groups (broad SMARTS) is 1. The average molecular weight is 510 g/mol. The lowest BCUT2D eigenvalue weighted by Gasteiger charge is -2.34. The molecule has 0 atom stereocenters. The summed E-state index contributed by atoms with van der Waals surface area (Å²) in [5.74, 6) is -0.196. The smallest absolute Gasteiger partial charge is 0.489 e. The van der Waals surface area contributed by atoms with Gasteiger partial charge in [-0.05, 0) is 31.0 Å². The van der Waals surface area contributed by atoms with Crippen LogP contribution in [-0.2, 0) is 4.79 Å². The summed E-state index contributed by atoms with van der Waals surface area (Å²) in [5.41, 5.74) is 1.70. The number of ether oxygens (including phenoxy) is 1. The fraction of sp³-hybridized carbons (Fsp3) is 0.391. The molecule has 0 amide bonds. The van der Waals surface area contributed by atoms with Crippen LogP contribution in [0.1, 0.15) is 25.7 Å². The Hall–Kier alpha value is -3.34. The predicted octanol–water partition coefficient (Wildman–Crippen LogP) is 4.93. The maximum Gasteiger partial charge on any atom is 0.490 e. The third kappa shape index (κ3) is 6.62. The number of benzene rings is 1. The lowest BCUT2D eigenvalue weighted by atomic mass is 10.1. The molecule has 0 spiro atoms. The summed E-state index contributed by atoms with van der Waals surface area (Å²) in [5, 5.41) is 11.3. The molecule has 1 saturated heterocycles. The number of fused-ring (bicyclic) bond motifs is 1. The lowest BCUT2D eigenvalue weighted by molar-refractivity contribution is -0.192. The van der Waals surface area contributed by atoms with Gasteiger partial charge in [0.25, 0.3) is 0 Å². The number of hydrogen-bond acceptors (Lipinski definition) is 7. The second-order valence-electron chi connectivity index (χ2n) is 8.22. The van der Waals surface area contributed by atoms with Gasteiger partial charge in [-0.2, -0.15) is 13.2 Å². The van der Waals surface area contributed by atoms with Crippen LogP contribution >= 0.6 is 11.6 Å². The molecule has 0 bridgehead atoms. The number of aromatic nitrogens is 3. The lowest BCUT2D eigenvalue weighted by Crippen LogP contribution is -2.39. The van der Waals surface area contributed by atoms with E-state index in [4.69, 9.17) is 36.2 Å². The largest absolute Gasteiger partial charge is 0.490 e. The Bertz CT molecular complexity index is 1180. The number of piperidine rings is 1. The van der Waals surface area contributed by atoms with Crippen LogP contribution in [0.3, 0.4) is 0 Å². The van der Waals surface area contributed by atoms with Gasteiger partial charge in [0.1, 0.15) is 17.4 Å². The Morgan fingerprint density at radius 1 is 1.09 bits per heavy atom. The normalized spacial score (nSPS) is 16.4. The summed E-state index contributed by atoms with van der Waals surface area (Å²) in [6.45, 7) is 1.74. The fourth-order valence-corrected chi connectivity index (χ4v) is 3.72. The van der Waals surface area contributed by atoms with Gasteiger partial charge in [0.2, 0.25) is 0 Å². The van der Waals surface area contributed by atoms with Gasteiger partial charge < -0.3 is 20.1 Å². The summed E-state index contributed by atoms with van der Waals surface area (Å²) in [7, 11) is 0. The third-order valence-electron chi connectivity index (χ3n) is 5.48. The monoisotopic (exact) mass is 509 g/mol. The van der Waals surface area contributed by atoms with Crippen LogP contribution in [0, 0.1) is 0 Å². The molecule has 1 aliphatic heterocycles. The molecule has 5 rings (SSSR count). The minimum Gasteiger partial charge on any atom is -0.489 e. The van der Waals surface area contributed by atoms with E-state index in [1.807, 2.05) is 30.3 Å². The molecular weight excluding hydrogens is 487 g/mol. The number of hydrogen-bond donors (Lipinski definition) is 2. The Morgan fingerprint density at radius 2 is 1.77 bits per heavy atom. The molecule has 8 nitrogen and oxygen atoms in total. The highest BCUT2D eigenvalue weighted by Crippen LogP contribution is 2.33. The van der Waals surface area contributed by atoms with Crippen LogP contribution in [-0.4, -0.2) is 57.4 Å². The molecule has 2 aliphatic rings. The quantitative estimate of drug-likeness (QED) is 0.499. The fourth-order valence-electron chi connectivity index (χ4n) is 3.54. The first-order chi connectivity index (χ1) is 16.7. The van der Waals surface area contributed by atoms with Crippen molar-refractivity contribution in [3.8, 4) is 5.75 Å². The number of para-hydroxylation sites is 1. The van der Waals surface area contributed by atoms with Gasteiger partial charge in [0.05, 0.1) is 16.7 Å². The van der Waals surface area contributed by atoms with Gasteiger partial charge in [-0.1, -0.05) is 23.7 Å². The molecule has 3 heterocycles.